The predicted octanol–water partition coefficient (Wildman–Crippen LogP) is 3.95. The third-order valence-corrected chi connectivity index (χ3v) is 7.20. The van der Waals surface area contributed by atoms with Gasteiger partial charge in [0.15, 0.2) is 6.29 Å². The van der Waals surface area contributed by atoms with Crippen molar-refractivity contribution in [2.75, 3.05) is 11.4 Å². The van der Waals surface area contributed by atoms with Gasteiger partial charge in [-0.15, -0.1) is 11.3 Å². The first-order valence-electron chi connectivity index (χ1n) is 7.88. The molecule has 1 aliphatic rings. The van der Waals surface area contributed by atoms with Gasteiger partial charge >= 0.3 is 0 Å². The third-order valence-electron chi connectivity index (χ3n) is 4.34. The molecule has 26 heavy (non-hydrogen) atoms. The predicted molar refractivity (Wildman–Crippen MR) is 102 cm³/mol. The summed E-state index contributed by atoms with van der Waals surface area (Å²) in [7, 11) is -2.24. The minimum atomic E-state index is -3.77. The molecule has 2 aromatic carbocycles. The van der Waals surface area contributed by atoms with Gasteiger partial charge in [-0.1, -0.05) is 24.3 Å². The van der Waals surface area contributed by atoms with Crippen molar-refractivity contribution in [3.8, 4) is 16.2 Å². The number of hydrogen-bond donors (Lipinski definition) is 0. The molecule has 0 saturated carbocycles. The number of methoxy groups -OCH3 is 1. The van der Waals surface area contributed by atoms with Gasteiger partial charge in [0, 0.05) is 0 Å². The van der Waals surface area contributed by atoms with Crippen molar-refractivity contribution < 1.29 is 17.9 Å². The number of hydrogen-bond acceptors (Lipinski definition) is 5. The molecule has 0 unspecified atom stereocenters. The summed E-state index contributed by atoms with van der Waals surface area (Å²) < 4.78 is 33.0. The molecule has 4 rings (SSSR count). The largest absolute Gasteiger partial charge is 0.497 e. The minimum Gasteiger partial charge on any atom is -0.497 e. The summed E-state index contributed by atoms with van der Waals surface area (Å²) in [5, 5.41) is 0. The van der Waals surface area contributed by atoms with Crippen LogP contribution in [-0.4, -0.2) is 21.8 Å². The summed E-state index contributed by atoms with van der Waals surface area (Å²) in [5.41, 5.74) is 2.43. The average Bonchev–Trinajstić information content (AvgIpc) is 3.12. The Kier molecular flexibility index (Phi) is 4.05. The SMILES string of the molecule is COc1ccc(S(=O)(=O)N2Cc3ccccc3-c3sc(C=O)cc32)cc1. The van der Waals surface area contributed by atoms with Gasteiger partial charge in [0.05, 0.1) is 34.0 Å². The van der Waals surface area contributed by atoms with E-state index < -0.39 is 10.0 Å². The van der Waals surface area contributed by atoms with Crippen LogP contribution < -0.4 is 9.04 Å². The fraction of sp³-hybridized carbons (Fsp3) is 0.105. The van der Waals surface area contributed by atoms with E-state index in [9.17, 15) is 13.2 Å². The van der Waals surface area contributed by atoms with E-state index in [1.54, 1.807) is 18.2 Å². The first kappa shape index (κ1) is 16.8. The lowest BCUT2D eigenvalue weighted by molar-refractivity contribution is 0.112. The zero-order chi connectivity index (χ0) is 18.3. The molecule has 0 fully saturated rings. The molecule has 7 heteroatoms. The molecule has 0 bridgehead atoms. The fourth-order valence-corrected chi connectivity index (χ4v) is 5.59. The minimum absolute atomic E-state index is 0.183. The highest BCUT2D eigenvalue weighted by molar-refractivity contribution is 7.92. The molecule has 0 saturated heterocycles. The van der Waals surface area contributed by atoms with Crippen molar-refractivity contribution in [2.24, 2.45) is 0 Å². The third kappa shape index (κ3) is 2.60. The Bertz CT molecular complexity index is 1080. The molecule has 0 radical (unpaired) electrons. The number of nitrogens with zero attached hydrogens (tertiary/aromatic N) is 1. The van der Waals surface area contributed by atoms with Crippen molar-refractivity contribution in [3.05, 3.63) is 65.0 Å². The molecular formula is C19H15NO4S2. The van der Waals surface area contributed by atoms with E-state index in [0.717, 1.165) is 22.3 Å². The Balaban J connectivity index is 1.86. The number of carbonyl (C=O) groups is 1. The number of anilines is 1. The molecule has 0 spiro atoms. The van der Waals surface area contributed by atoms with E-state index in [2.05, 4.69) is 0 Å². The maximum Gasteiger partial charge on any atom is 0.264 e. The Morgan fingerprint density at radius 2 is 1.85 bits per heavy atom. The first-order chi connectivity index (χ1) is 12.5. The van der Waals surface area contributed by atoms with E-state index in [-0.39, 0.29) is 11.4 Å². The lowest BCUT2D eigenvalue weighted by atomic mass is 10.0. The lowest BCUT2D eigenvalue weighted by Gasteiger charge is -2.30. The highest BCUT2D eigenvalue weighted by Crippen LogP contribution is 2.46. The lowest BCUT2D eigenvalue weighted by Crippen LogP contribution is -2.32. The molecule has 3 aromatic rings. The number of ether oxygens (including phenoxy) is 1. The maximum absolute atomic E-state index is 13.3. The summed E-state index contributed by atoms with van der Waals surface area (Å²) >= 11 is 1.30. The van der Waals surface area contributed by atoms with Crippen LogP contribution in [0.15, 0.2) is 59.5 Å². The van der Waals surface area contributed by atoms with Crippen LogP contribution >= 0.6 is 11.3 Å². The van der Waals surface area contributed by atoms with Crippen LogP contribution in [-0.2, 0) is 16.6 Å². The number of aldehydes is 1. The number of benzene rings is 2. The van der Waals surface area contributed by atoms with Crippen molar-refractivity contribution in [1.29, 1.82) is 0 Å². The quantitative estimate of drug-likeness (QED) is 0.638. The molecular weight excluding hydrogens is 370 g/mol. The summed E-state index contributed by atoms with van der Waals surface area (Å²) in [6.45, 7) is 0.229. The Hall–Kier alpha value is -2.64. The van der Waals surface area contributed by atoms with E-state index in [4.69, 9.17) is 4.74 Å². The Morgan fingerprint density at radius 3 is 2.54 bits per heavy atom. The fourth-order valence-electron chi connectivity index (χ4n) is 3.05. The van der Waals surface area contributed by atoms with Gasteiger partial charge < -0.3 is 4.74 Å². The van der Waals surface area contributed by atoms with Gasteiger partial charge in [0.1, 0.15) is 5.75 Å². The van der Waals surface area contributed by atoms with E-state index in [0.29, 0.717) is 16.3 Å². The van der Waals surface area contributed by atoms with Gasteiger partial charge in [-0.2, -0.15) is 0 Å². The molecule has 132 valence electrons. The molecule has 0 amide bonds. The first-order valence-corrected chi connectivity index (χ1v) is 10.1. The molecule has 5 nitrogen and oxygen atoms in total. The smallest absolute Gasteiger partial charge is 0.264 e. The topological polar surface area (TPSA) is 63.7 Å². The summed E-state index contributed by atoms with van der Waals surface area (Å²) in [6, 6.07) is 15.6. The molecule has 0 aliphatic carbocycles. The standard InChI is InChI=1S/C19H15NO4S2/c1-24-14-6-8-16(9-7-14)26(22,23)20-11-13-4-2-3-5-17(13)19-18(20)10-15(12-21)25-19/h2-10,12H,11H2,1H3. The van der Waals surface area contributed by atoms with Crippen molar-refractivity contribution in [1.82, 2.24) is 0 Å². The summed E-state index contributed by atoms with van der Waals surface area (Å²) in [4.78, 5) is 12.7. The molecule has 2 heterocycles. The highest BCUT2D eigenvalue weighted by atomic mass is 32.2. The molecule has 1 aromatic heterocycles. The number of thiophene rings is 1. The van der Waals surface area contributed by atoms with Gasteiger partial charge in [-0.3, -0.25) is 9.10 Å². The Labute approximate surface area is 155 Å². The second kappa shape index (κ2) is 6.26. The number of sulfonamides is 1. The van der Waals surface area contributed by atoms with E-state index in [1.807, 2.05) is 24.3 Å². The van der Waals surface area contributed by atoms with Crippen molar-refractivity contribution >= 4 is 33.3 Å². The number of carbonyl (C=O) groups excluding carboxylic acids is 1. The van der Waals surface area contributed by atoms with Crippen LogP contribution in [0.25, 0.3) is 10.4 Å². The highest BCUT2D eigenvalue weighted by Gasteiger charge is 2.33. The van der Waals surface area contributed by atoms with Gasteiger partial charge in [0.2, 0.25) is 0 Å². The average molecular weight is 385 g/mol. The zero-order valence-corrected chi connectivity index (χ0v) is 15.5. The van der Waals surface area contributed by atoms with Crippen LogP contribution in [0.5, 0.6) is 5.75 Å². The second-order valence-electron chi connectivity index (χ2n) is 5.83. The maximum atomic E-state index is 13.3. The molecule has 0 atom stereocenters. The monoisotopic (exact) mass is 385 g/mol. The van der Waals surface area contributed by atoms with E-state index in [1.165, 1.54) is 34.9 Å². The summed E-state index contributed by atoms with van der Waals surface area (Å²) in [5.74, 6) is 0.590. The van der Waals surface area contributed by atoms with Crippen LogP contribution in [0.2, 0.25) is 0 Å². The molecule has 0 N–H and O–H groups in total. The second-order valence-corrected chi connectivity index (χ2v) is 8.77. The van der Waals surface area contributed by atoms with Crippen LogP contribution in [0.3, 0.4) is 0 Å². The van der Waals surface area contributed by atoms with Gasteiger partial charge in [-0.25, -0.2) is 8.42 Å². The van der Waals surface area contributed by atoms with Gasteiger partial charge in [0.25, 0.3) is 10.0 Å². The molecule has 1 aliphatic heterocycles. The number of fused-ring (bicyclic) bond motifs is 3. The number of rotatable bonds is 4. The van der Waals surface area contributed by atoms with Crippen LogP contribution in [0.1, 0.15) is 15.2 Å². The van der Waals surface area contributed by atoms with Crippen molar-refractivity contribution in [3.63, 3.8) is 0 Å². The van der Waals surface area contributed by atoms with Crippen molar-refractivity contribution in [2.45, 2.75) is 11.4 Å². The normalized spacial score (nSPS) is 13.0. The van der Waals surface area contributed by atoms with E-state index >= 15 is 0 Å². The Morgan fingerprint density at radius 1 is 1.12 bits per heavy atom. The van der Waals surface area contributed by atoms with Crippen LogP contribution in [0.4, 0.5) is 5.69 Å². The van der Waals surface area contributed by atoms with Crippen LogP contribution in [0, 0.1) is 0 Å². The zero-order valence-electron chi connectivity index (χ0n) is 13.9. The van der Waals surface area contributed by atoms with Gasteiger partial charge in [-0.05, 0) is 41.5 Å². The summed E-state index contributed by atoms with van der Waals surface area (Å²) in [6.07, 6.45) is 0.754.